The lowest BCUT2D eigenvalue weighted by Gasteiger charge is -2.28. The van der Waals surface area contributed by atoms with Crippen molar-refractivity contribution in [3.8, 4) is 0 Å². The van der Waals surface area contributed by atoms with Crippen molar-refractivity contribution in [2.45, 2.75) is 56.5 Å². The molecule has 116 valence electrons. The van der Waals surface area contributed by atoms with E-state index in [1.165, 1.54) is 18.6 Å². The third-order valence-electron chi connectivity index (χ3n) is 3.68. The normalized spacial score (nSPS) is 28.2. The van der Waals surface area contributed by atoms with Gasteiger partial charge >= 0.3 is 5.97 Å². The predicted octanol–water partition coefficient (Wildman–Crippen LogP) is 2.62. The van der Waals surface area contributed by atoms with Crippen LogP contribution in [-0.4, -0.2) is 48.9 Å². The summed E-state index contributed by atoms with van der Waals surface area (Å²) in [6.07, 6.45) is 5.01. The molecular weight excluding hydrogens is 294 g/mol. The zero-order chi connectivity index (χ0) is 14.2. The summed E-state index contributed by atoms with van der Waals surface area (Å²) in [6, 6.07) is 0. The van der Waals surface area contributed by atoms with Crippen LogP contribution in [0.5, 0.6) is 0 Å². The fourth-order valence-electron chi connectivity index (χ4n) is 2.44. The minimum atomic E-state index is -0.155. The van der Waals surface area contributed by atoms with Crippen molar-refractivity contribution in [3.05, 3.63) is 0 Å². The Balaban J connectivity index is 1.52. The third kappa shape index (κ3) is 5.84. The molecule has 3 unspecified atom stereocenters. The zero-order valence-corrected chi connectivity index (χ0v) is 13.8. The summed E-state index contributed by atoms with van der Waals surface area (Å²) < 4.78 is 11.0. The van der Waals surface area contributed by atoms with E-state index in [2.05, 4.69) is 5.32 Å². The summed E-state index contributed by atoms with van der Waals surface area (Å²) in [4.78, 5) is 11.8. The van der Waals surface area contributed by atoms with Crippen molar-refractivity contribution in [2.75, 3.05) is 25.4 Å². The largest absolute Gasteiger partial charge is 0.460 e. The molecular formula is C14H25NO3S2. The van der Waals surface area contributed by atoms with Gasteiger partial charge in [-0.25, -0.2) is 0 Å². The maximum absolute atomic E-state index is 11.8. The van der Waals surface area contributed by atoms with Gasteiger partial charge in [-0.05, 0) is 26.2 Å². The van der Waals surface area contributed by atoms with Crippen LogP contribution in [0.15, 0.2) is 0 Å². The number of morpholine rings is 1. The molecule has 2 aliphatic rings. The van der Waals surface area contributed by atoms with Crippen molar-refractivity contribution in [1.82, 2.24) is 5.32 Å². The van der Waals surface area contributed by atoms with Crippen LogP contribution < -0.4 is 5.32 Å². The van der Waals surface area contributed by atoms with Crippen LogP contribution in [0.25, 0.3) is 0 Å². The molecule has 4 nitrogen and oxygen atoms in total. The Morgan fingerprint density at radius 2 is 2.40 bits per heavy atom. The van der Waals surface area contributed by atoms with E-state index < -0.39 is 0 Å². The fraction of sp³-hybridized carbons (Fsp3) is 0.929. The van der Waals surface area contributed by atoms with Crippen LogP contribution in [0.4, 0.5) is 0 Å². The van der Waals surface area contributed by atoms with E-state index in [0.717, 1.165) is 31.2 Å². The SMILES string of the molecule is CC(OC(=O)CCCCC1CCSS1)C1CNCCO1. The van der Waals surface area contributed by atoms with Crippen LogP contribution in [0, 0.1) is 0 Å². The minimum Gasteiger partial charge on any atom is -0.460 e. The fourth-order valence-corrected chi connectivity index (χ4v) is 5.46. The number of unbranched alkanes of at least 4 members (excludes halogenated alkanes) is 1. The molecule has 0 spiro atoms. The van der Waals surface area contributed by atoms with Gasteiger partial charge in [-0.1, -0.05) is 28.0 Å². The van der Waals surface area contributed by atoms with Gasteiger partial charge in [0, 0.05) is 30.5 Å². The topological polar surface area (TPSA) is 47.6 Å². The van der Waals surface area contributed by atoms with Crippen molar-refractivity contribution >= 4 is 27.6 Å². The molecule has 2 rings (SSSR count). The molecule has 0 aromatic heterocycles. The first-order valence-electron chi connectivity index (χ1n) is 7.56. The van der Waals surface area contributed by atoms with Crippen molar-refractivity contribution in [3.63, 3.8) is 0 Å². The van der Waals surface area contributed by atoms with Gasteiger partial charge in [0.2, 0.25) is 0 Å². The molecule has 0 bridgehead atoms. The van der Waals surface area contributed by atoms with Gasteiger partial charge < -0.3 is 14.8 Å². The molecule has 0 radical (unpaired) electrons. The highest BCUT2D eigenvalue weighted by molar-refractivity contribution is 8.77. The number of hydrogen-bond donors (Lipinski definition) is 1. The lowest BCUT2D eigenvalue weighted by Crippen LogP contribution is -2.45. The number of nitrogens with one attached hydrogen (secondary N) is 1. The quantitative estimate of drug-likeness (QED) is 0.442. The van der Waals surface area contributed by atoms with Crippen LogP contribution in [0.2, 0.25) is 0 Å². The first-order chi connectivity index (χ1) is 9.75. The summed E-state index contributed by atoms with van der Waals surface area (Å²) in [7, 11) is 3.98. The Labute approximate surface area is 129 Å². The molecule has 2 saturated heterocycles. The number of esters is 1. The zero-order valence-electron chi connectivity index (χ0n) is 12.1. The molecule has 20 heavy (non-hydrogen) atoms. The molecule has 0 amide bonds. The number of rotatable bonds is 7. The summed E-state index contributed by atoms with van der Waals surface area (Å²) >= 11 is 0. The van der Waals surface area contributed by atoms with E-state index in [0.29, 0.717) is 13.0 Å². The van der Waals surface area contributed by atoms with E-state index in [4.69, 9.17) is 9.47 Å². The number of carbonyl (C=O) groups is 1. The first-order valence-corrected chi connectivity index (χ1v) is 9.94. The maximum atomic E-state index is 11.8. The molecule has 6 heteroatoms. The van der Waals surface area contributed by atoms with E-state index >= 15 is 0 Å². The highest BCUT2D eigenvalue weighted by atomic mass is 33.1. The van der Waals surface area contributed by atoms with Crippen molar-refractivity contribution in [2.24, 2.45) is 0 Å². The Bertz CT molecular complexity index is 292. The Morgan fingerprint density at radius 1 is 1.50 bits per heavy atom. The van der Waals surface area contributed by atoms with Gasteiger partial charge in [0.15, 0.2) is 0 Å². The van der Waals surface area contributed by atoms with Crippen molar-refractivity contribution < 1.29 is 14.3 Å². The molecule has 0 aliphatic carbocycles. The highest BCUT2D eigenvalue weighted by Crippen LogP contribution is 2.39. The minimum absolute atomic E-state index is 0.000358. The van der Waals surface area contributed by atoms with Gasteiger partial charge in [0.25, 0.3) is 0 Å². The highest BCUT2D eigenvalue weighted by Gasteiger charge is 2.23. The van der Waals surface area contributed by atoms with Crippen LogP contribution in [0.3, 0.4) is 0 Å². The van der Waals surface area contributed by atoms with Gasteiger partial charge in [-0.3, -0.25) is 4.79 Å². The first kappa shape index (κ1) is 16.5. The summed E-state index contributed by atoms with van der Waals surface area (Å²) in [5.41, 5.74) is 0. The number of carbonyl (C=O) groups excluding carboxylic acids is 1. The molecule has 0 aromatic carbocycles. The van der Waals surface area contributed by atoms with Crippen LogP contribution in [0.1, 0.15) is 39.0 Å². The lowest BCUT2D eigenvalue weighted by atomic mass is 10.1. The van der Waals surface area contributed by atoms with E-state index in [-0.39, 0.29) is 18.2 Å². The lowest BCUT2D eigenvalue weighted by molar-refractivity contribution is -0.157. The molecule has 1 N–H and O–H groups in total. The Kier molecular flexibility index (Phi) is 7.55. The van der Waals surface area contributed by atoms with Gasteiger partial charge in [0.05, 0.1) is 6.61 Å². The van der Waals surface area contributed by atoms with Crippen molar-refractivity contribution in [1.29, 1.82) is 0 Å². The molecule has 2 aliphatic heterocycles. The average molecular weight is 319 g/mol. The monoisotopic (exact) mass is 319 g/mol. The average Bonchev–Trinajstić information content (AvgIpc) is 2.98. The molecule has 3 atom stereocenters. The summed E-state index contributed by atoms with van der Waals surface area (Å²) in [5, 5.41) is 4.05. The molecule has 2 fully saturated rings. The Morgan fingerprint density at radius 3 is 3.10 bits per heavy atom. The third-order valence-corrected chi connectivity index (χ3v) is 6.69. The van der Waals surface area contributed by atoms with Gasteiger partial charge in [0.1, 0.15) is 12.2 Å². The number of ether oxygens (including phenoxy) is 2. The summed E-state index contributed by atoms with van der Waals surface area (Å²) in [5.74, 6) is 1.20. The van der Waals surface area contributed by atoms with E-state index in [1.54, 1.807) is 0 Å². The maximum Gasteiger partial charge on any atom is 0.306 e. The smallest absolute Gasteiger partial charge is 0.306 e. The second-order valence-corrected chi connectivity index (χ2v) is 8.17. The van der Waals surface area contributed by atoms with Gasteiger partial charge in [-0.15, -0.1) is 0 Å². The van der Waals surface area contributed by atoms with Gasteiger partial charge in [-0.2, -0.15) is 0 Å². The Hall–Kier alpha value is 0.0900. The predicted molar refractivity (Wildman–Crippen MR) is 85.1 cm³/mol. The summed E-state index contributed by atoms with van der Waals surface area (Å²) in [6.45, 7) is 4.27. The van der Waals surface area contributed by atoms with Crippen LogP contribution in [-0.2, 0) is 14.3 Å². The molecule has 2 heterocycles. The molecule has 0 saturated carbocycles. The van der Waals surface area contributed by atoms with E-state index in [9.17, 15) is 4.79 Å². The second-order valence-electron chi connectivity index (χ2n) is 5.38. The number of hydrogen-bond acceptors (Lipinski definition) is 6. The second kappa shape index (κ2) is 9.18. The molecule has 0 aromatic rings. The standard InChI is InChI=1S/C14H25NO3S2/c1-11(13-10-15-7-8-17-13)18-14(16)5-3-2-4-12-6-9-19-20-12/h11-13,15H,2-10H2,1H3. The van der Waals surface area contributed by atoms with E-state index in [1.807, 2.05) is 28.5 Å². The van der Waals surface area contributed by atoms with Crippen LogP contribution >= 0.6 is 21.6 Å².